The fourth-order valence-corrected chi connectivity index (χ4v) is 1.49. The Morgan fingerprint density at radius 3 is 2.75 bits per heavy atom. The van der Waals surface area contributed by atoms with Crippen molar-refractivity contribution in [2.75, 3.05) is 6.61 Å². The van der Waals surface area contributed by atoms with Crippen LogP contribution in [0.15, 0.2) is 12.1 Å². The summed E-state index contributed by atoms with van der Waals surface area (Å²) in [4.78, 5) is 11.7. The molecule has 0 heterocycles. The van der Waals surface area contributed by atoms with Crippen molar-refractivity contribution in [3.63, 3.8) is 0 Å². The van der Waals surface area contributed by atoms with Gasteiger partial charge in [0.15, 0.2) is 0 Å². The fourth-order valence-electron chi connectivity index (χ4n) is 1.49. The molecule has 0 saturated heterocycles. The summed E-state index contributed by atoms with van der Waals surface area (Å²) in [6.07, 6.45) is 0. The van der Waals surface area contributed by atoms with Crippen molar-refractivity contribution >= 4 is 5.97 Å². The Bertz CT molecular complexity index is 446. The maximum atomic E-state index is 11.7. The highest BCUT2D eigenvalue weighted by Crippen LogP contribution is 2.19. The van der Waals surface area contributed by atoms with Gasteiger partial charge in [-0.1, -0.05) is 6.07 Å². The topological polar surface area (TPSA) is 70.3 Å². The quantitative estimate of drug-likeness (QED) is 0.783. The molecule has 4 heteroatoms. The van der Waals surface area contributed by atoms with Gasteiger partial charge in [0.05, 0.1) is 24.3 Å². The predicted molar refractivity (Wildman–Crippen MR) is 57.8 cm³/mol. The Kier molecular flexibility index (Phi) is 4.03. The van der Waals surface area contributed by atoms with E-state index in [1.165, 1.54) is 0 Å². The average Bonchev–Trinajstić information content (AvgIpc) is 2.28. The summed E-state index contributed by atoms with van der Waals surface area (Å²) in [6.45, 7) is 3.42. The van der Waals surface area contributed by atoms with E-state index in [1.54, 1.807) is 26.0 Å². The van der Waals surface area contributed by atoms with E-state index in [1.807, 2.05) is 6.07 Å². The van der Waals surface area contributed by atoms with Crippen molar-refractivity contribution in [3.8, 4) is 6.07 Å². The Labute approximate surface area is 94.1 Å². The minimum Gasteiger partial charge on any atom is -0.462 e. The van der Waals surface area contributed by atoms with Gasteiger partial charge in [0, 0.05) is 0 Å². The van der Waals surface area contributed by atoms with Crippen molar-refractivity contribution in [2.24, 2.45) is 0 Å². The Morgan fingerprint density at radius 2 is 2.25 bits per heavy atom. The first-order valence-electron chi connectivity index (χ1n) is 4.96. The molecule has 1 aromatic carbocycles. The van der Waals surface area contributed by atoms with Gasteiger partial charge in [-0.3, -0.25) is 0 Å². The molecule has 0 amide bonds. The average molecular weight is 219 g/mol. The van der Waals surface area contributed by atoms with Crippen LogP contribution >= 0.6 is 0 Å². The summed E-state index contributed by atoms with van der Waals surface area (Å²) in [5.41, 5.74) is 1.63. The van der Waals surface area contributed by atoms with Crippen LogP contribution < -0.4 is 0 Å². The second kappa shape index (κ2) is 5.29. The van der Waals surface area contributed by atoms with Crippen LogP contribution in [0.25, 0.3) is 0 Å². The Balaban J connectivity index is 3.37. The number of benzene rings is 1. The zero-order valence-corrected chi connectivity index (χ0v) is 9.28. The lowest BCUT2D eigenvalue weighted by atomic mass is 9.97. The van der Waals surface area contributed by atoms with E-state index < -0.39 is 5.97 Å². The number of nitriles is 1. The zero-order chi connectivity index (χ0) is 12.1. The van der Waals surface area contributed by atoms with Gasteiger partial charge in [0.1, 0.15) is 6.07 Å². The number of ether oxygens (including phenoxy) is 1. The molecule has 1 N–H and O–H groups in total. The number of carbonyl (C=O) groups is 1. The molecule has 0 bridgehead atoms. The number of hydrogen-bond acceptors (Lipinski definition) is 4. The zero-order valence-electron chi connectivity index (χ0n) is 9.28. The van der Waals surface area contributed by atoms with Crippen molar-refractivity contribution in [1.29, 1.82) is 5.26 Å². The second-order valence-corrected chi connectivity index (χ2v) is 3.27. The van der Waals surface area contributed by atoms with Crippen LogP contribution in [0.4, 0.5) is 0 Å². The van der Waals surface area contributed by atoms with Crippen molar-refractivity contribution in [1.82, 2.24) is 0 Å². The predicted octanol–water partition coefficient (Wildman–Crippen LogP) is 1.54. The van der Waals surface area contributed by atoms with Gasteiger partial charge >= 0.3 is 5.97 Å². The fraction of sp³-hybridized carbons (Fsp3) is 0.333. The van der Waals surface area contributed by atoms with Gasteiger partial charge in [-0.25, -0.2) is 4.79 Å². The first-order chi connectivity index (χ1) is 7.65. The Hall–Kier alpha value is -1.86. The maximum absolute atomic E-state index is 11.7. The van der Waals surface area contributed by atoms with Crippen LogP contribution in [0.1, 0.15) is 34.0 Å². The normalized spacial score (nSPS) is 9.62. The molecule has 0 fully saturated rings. The maximum Gasteiger partial charge on any atom is 0.339 e. The molecule has 0 radical (unpaired) electrons. The summed E-state index contributed by atoms with van der Waals surface area (Å²) < 4.78 is 4.87. The molecule has 1 aromatic rings. The van der Waals surface area contributed by atoms with E-state index in [-0.39, 0.29) is 24.3 Å². The number of hydrogen-bond donors (Lipinski definition) is 1. The van der Waals surface area contributed by atoms with Gasteiger partial charge in [0.25, 0.3) is 0 Å². The molecule has 0 aliphatic rings. The molecular formula is C12H13NO3. The number of aliphatic hydroxyl groups is 1. The number of esters is 1. The Morgan fingerprint density at radius 1 is 1.56 bits per heavy atom. The van der Waals surface area contributed by atoms with Gasteiger partial charge in [-0.05, 0) is 31.0 Å². The van der Waals surface area contributed by atoms with Crippen LogP contribution in [0.2, 0.25) is 0 Å². The minimum atomic E-state index is -0.563. The molecular weight excluding hydrogens is 206 g/mol. The van der Waals surface area contributed by atoms with Gasteiger partial charge < -0.3 is 9.84 Å². The SMILES string of the molecule is CCOC(=O)c1c(C#N)ccc(C)c1CO. The highest BCUT2D eigenvalue weighted by atomic mass is 16.5. The van der Waals surface area contributed by atoms with Crippen molar-refractivity contribution in [2.45, 2.75) is 20.5 Å². The third-order valence-corrected chi connectivity index (χ3v) is 2.31. The third-order valence-electron chi connectivity index (χ3n) is 2.31. The van der Waals surface area contributed by atoms with Crippen molar-refractivity contribution in [3.05, 3.63) is 34.4 Å². The molecule has 16 heavy (non-hydrogen) atoms. The van der Waals surface area contributed by atoms with E-state index in [4.69, 9.17) is 10.00 Å². The molecule has 84 valence electrons. The molecule has 0 aromatic heterocycles. The van der Waals surface area contributed by atoms with Crippen LogP contribution in [-0.4, -0.2) is 17.7 Å². The van der Waals surface area contributed by atoms with Gasteiger partial charge in [-0.15, -0.1) is 0 Å². The van der Waals surface area contributed by atoms with Crippen LogP contribution in [0, 0.1) is 18.3 Å². The highest BCUT2D eigenvalue weighted by molar-refractivity contribution is 5.94. The molecule has 0 aliphatic heterocycles. The van der Waals surface area contributed by atoms with Crippen LogP contribution in [-0.2, 0) is 11.3 Å². The number of aliphatic hydroxyl groups excluding tert-OH is 1. The van der Waals surface area contributed by atoms with E-state index in [9.17, 15) is 9.90 Å². The third kappa shape index (κ3) is 2.20. The summed E-state index contributed by atoms with van der Waals surface area (Å²) >= 11 is 0. The molecule has 0 atom stereocenters. The van der Waals surface area contributed by atoms with Gasteiger partial charge in [-0.2, -0.15) is 5.26 Å². The lowest BCUT2D eigenvalue weighted by Crippen LogP contribution is -2.12. The molecule has 0 aliphatic carbocycles. The van der Waals surface area contributed by atoms with E-state index >= 15 is 0 Å². The second-order valence-electron chi connectivity index (χ2n) is 3.27. The van der Waals surface area contributed by atoms with E-state index in [0.717, 1.165) is 5.56 Å². The number of carbonyl (C=O) groups excluding carboxylic acids is 1. The van der Waals surface area contributed by atoms with E-state index in [2.05, 4.69) is 0 Å². The summed E-state index contributed by atoms with van der Waals surface area (Å²) in [5.74, 6) is -0.563. The molecule has 0 spiro atoms. The minimum absolute atomic E-state index is 0.173. The molecule has 4 nitrogen and oxygen atoms in total. The largest absolute Gasteiger partial charge is 0.462 e. The van der Waals surface area contributed by atoms with Crippen molar-refractivity contribution < 1.29 is 14.6 Å². The van der Waals surface area contributed by atoms with E-state index in [0.29, 0.717) is 5.56 Å². The first kappa shape index (κ1) is 12.2. The first-order valence-corrected chi connectivity index (χ1v) is 4.96. The summed E-state index contributed by atoms with van der Waals surface area (Å²) in [5, 5.41) is 18.1. The summed E-state index contributed by atoms with van der Waals surface area (Å²) in [6, 6.07) is 5.18. The van der Waals surface area contributed by atoms with Crippen LogP contribution in [0.3, 0.4) is 0 Å². The number of nitrogens with zero attached hydrogens (tertiary/aromatic N) is 1. The summed E-state index contributed by atoms with van der Waals surface area (Å²) in [7, 11) is 0. The number of rotatable bonds is 3. The van der Waals surface area contributed by atoms with Gasteiger partial charge in [0.2, 0.25) is 0 Å². The monoisotopic (exact) mass is 219 g/mol. The molecule has 0 saturated carbocycles. The molecule has 0 unspecified atom stereocenters. The standard InChI is InChI=1S/C12H13NO3/c1-3-16-12(15)11-9(6-13)5-4-8(2)10(11)7-14/h4-5,14H,3,7H2,1-2H3. The number of aryl methyl sites for hydroxylation is 1. The lowest BCUT2D eigenvalue weighted by Gasteiger charge is -2.11. The highest BCUT2D eigenvalue weighted by Gasteiger charge is 2.18. The lowest BCUT2D eigenvalue weighted by molar-refractivity contribution is 0.0522. The molecule has 1 rings (SSSR count). The smallest absolute Gasteiger partial charge is 0.339 e. The van der Waals surface area contributed by atoms with Crippen LogP contribution in [0.5, 0.6) is 0 Å².